The number of Topliss-reactive ketones (excluding diaryl/α,β-unsaturated/α-hetero) is 1. The smallest absolute Gasteiger partial charge is 0.138 e. The number of hydrogen-bond donors (Lipinski definition) is 0. The zero-order valence-corrected chi connectivity index (χ0v) is 8.25. The van der Waals surface area contributed by atoms with Crippen LogP contribution in [0.4, 0.5) is 0 Å². The van der Waals surface area contributed by atoms with E-state index in [1.165, 1.54) is 0 Å². The van der Waals surface area contributed by atoms with Gasteiger partial charge in [-0.3, -0.25) is 4.79 Å². The van der Waals surface area contributed by atoms with E-state index in [4.69, 9.17) is 6.42 Å². The maximum Gasteiger partial charge on any atom is 0.138 e. The van der Waals surface area contributed by atoms with Gasteiger partial charge in [0.15, 0.2) is 0 Å². The summed E-state index contributed by atoms with van der Waals surface area (Å²) < 4.78 is 0. The molecule has 0 radical (unpaired) electrons. The molecule has 0 aromatic carbocycles. The Morgan fingerprint density at radius 2 is 2.46 bits per heavy atom. The summed E-state index contributed by atoms with van der Waals surface area (Å²) >= 11 is 0. The van der Waals surface area contributed by atoms with Crippen LogP contribution in [0.25, 0.3) is 0 Å². The number of carbonyl (C=O) groups is 1. The van der Waals surface area contributed by atoms with Crippen LogP contribution in [-0.2, 0) is 4.79 Å². The van der Waals surface area contributed by atoms with Crippen LogP contribution in [-0.4, -0.2) is 30.3 Å². The zero-order chi connectivity index (χ0) is 9.68. The molecule has 1 saturated heterocycles. The third kappa shape index (κ3) is 3.20. The Kier molecular flexibility index (Phi) is 3.98. The molecule has 1 unspecified atom stereocenters. The van der Waals surface area contributed by atoms with E-state index in [1.807, 2.05) is 6.92 Å². The molecule has 2 nitrogen and oxygen atoms in total. The van der Waals surface area contributed by atoms with Crippen molar-refractivity contribution in [2.75, 3.05) is 19.6 Å². The lowest BCUT2D eigenvalue weighted by Gasteiger charge is -2.29. The average Bonchev–Trinajstić information content (AvgIpc) is 2.12. The molecule has 1 fully saturated rings. The molecule has 1 aliphatic heterocycles. The Morgan fingerprint density at radius 3 is 3.08 bits per heavy atom. The van der Waals surface area contributed by atoms with E-state index in [0.717, 1.165) is 38.9 Å². The van der Waals surface area contributed by atoms with E-state index >= 15 is 0 Å². The molecule has 0 N–H and O–H groups in total. The molecular weight excluding hydrogens is 162 g/mol. The van der Waals surface area contributed by atoms with Crippen molar-refractivity contribution in [3.63, 3.8) is 0 Å². The molecule has 0 spiro atoms. The average molecular weight is 179 g/mol. The summed E-state index contributed by atoms with van der Waals surface area (Å²) in [6, 6.07) is 0. The van der Waals surface area contributed by atoms with Crippen LogP contribution in [0.15, 0.2) is 0 Å². The van der Waals surface area contributed by atoms with Gasteiger partial charge in [0.1, 0.15) is 5.78 Å². The molecule has 0 bridgehead atoms. The van der Waals surface area contributed by atoms with E-state index in [2.05, 4.69) is 10.8 Å². The number of piperidine rings is 1. The van der Waals surface area contributed by atoms with E-state index in [1.54, 1.807) is 0 Å². The summed E-state index contributed by atoms with van der Waals surface area (Å²) in [5.41, 5.74) is 0. The Bertz CT molecular complexity index is 217. The highest BCUT2D eigenvalue weighted by Gasteiger charge is 2.22. The number of terminal acetylenes is 1. The molecule has 0 saturated carbocycles. The fourth-order valence-electron chi connectivity index (χ4n) is 1.70. The number of hydrogen-bond acceptors (Lipinski definition) is 2. The highest BCUT2D eigenvalue weighted by atomic mass is 16.1. The molecule has 0 aromatic heterocycles. The van der Waals surface area contributed by atoms with Crippen LogP contribution in [0, 0.1) is 18.3 Å². The fourth-order valence-corrected chi connectivity index (χ4v) is 1.70. The highest BCUT2D eigenvalue weighted by molar-refractivity contribution is 5.81. The summed E-state index contributed by atoms with van der Waals surface area (Å²) in [4.78, 5) is 13.5. The number of unbranched alkanes of at least 4 members (excludes halogenated alkanes) is 1. The maximum atomic E-state index is 11.2. The molecule has 2 heteroatoms. The van der Waals surface area contributed by atoms with Gasteiger partial charge in [0.2, 0.25) is 0 Å². The molecule has 1 atom stereocenters. The normalized spacial score (nSPS) is 24.3. The van der Waals surface area contributed by atoms with Gasteiger partial charge in [-0.15, -0.1) is 12.3 Å². The first-order chi connectivity index (χ1) is 6.24. The van der Waals surface area contributed by atoms with E-state index in [-0.39, 0.29) is 5.92 Å². The largest absolute Gasteiger partial charge is 0.302 e. The molecule has 0 aliphatic carbocycles. The van der Waals surface area contributed by atoms with Crippen LogP contribution in [0.1, 0.15) is 26.2 Å². The highest BCUT2D eigenvalue weighted by Crippen LogP contribution is 2.12. The minimum atomic E-state index is 0.222. The molecular formula is C11H17NO. The zero-order valence-electron chi connectivity index (χ0n) is 8.25. The van der Waals surface area contributed by atoms with Crippen LogP contribution < -0.4 is 0 Å². The third-order valence-electron chi connectivity index (χ3n) is 2.55. The minimum Gasteiger partial charge on any atom is -0.302 e. The van der Waals surface area contributed by atoms with Crippen LogP contribution in [0.5, 0.6) is 0 Å². The Balaban J connectivity index is 2.22. The number of carbonyl (C=O) groups excluding carboxylic acids is 1. The first kappa shape index (κ1) is 10.3. The summed E-state index contributed by atoms with van der Waals surface area (Å²) in [5, 5.41) is 0. The predicted octanol–water partition coefficient (Wildman–Crippen LogP) is 1.31. The van der Waals surface area contributed by atoms with Crippen molar-refractivity contribution in [1.82, 2.24) is 4.90 Å². The molecule has 13 heavy (non-hydrogen) atoms. The van der Waals surface area contributed by atoms with Gasteiger partial charge < -0.3 is 4.90 Å². The fraction of sp³-hybridized carbons (Fsp3) is 0.727. The van der Waals surface area contributed by atoms with Gasteiger partial charge in [-0.05, 0) is 13.0 Å². The maximum absolute atomic E-state index is 11.2. The number of ketones is 1. The van der Waals surface area contributed by atoms with Gasteiger partial charge in [-0.1, -0.05) is 6.92 Å². The van der Waals surface area contributed by atoms with E-state index < -0.39 is 0 Å². The first-order valence-electron chi connectivity index (χ1n) is 4.92. The first-order valence-corrected chi connectivity index (χ1v) is 4.92. The van der Waals surface area contributed by atoms with Crippen molar-refractivity contribution in [3.8, 4) is 12.3 Å². The molecule has 1 heterocycles. The minimum absolute atomic E-state index is 0.222. The standard InChI is InChI=1S/C11H17NO/c1-3-4-5-7-12-8-6-11(13)10(2)9-12/h1,10H,4-9H2,2H3. The summed E-state index contributed by atoms with van der Waals surface area (Å²) in [6.45, 7) is 4.90. The van der Waals surface area contributed by atoms with Gasteiger partial charge >= 0.3 is 0 Å². The molecule has 0 amide bonds. The van der Waals surface area contributed by atoms with Crippen molar-refractivity contribution in [2.45, 2.75) is 26.2 Å². The Morgan fingerprint density at radius 1 is 1.69 bits per heavy atom. The van der Waals surface area contributed by atoms with Crippen LogP contribution >= 0.6 is 0 Å². The Hall–Kier alpha value is -0.810. The van der Waals surface area contributed by atoms with Gasteiger partial charge in [0, 0.05) is 31.8 Å². The van der Waals surface area contributed by atoms with Crippen molar-refractivity contribution in [3.05, 3.63) is 0 Å². The Labute approximate surface area is 80.3 Å². The van der Waals surface area contributed by atoms with Crippen molar-refractivity contribution >= 4 is 5.78 Å². The van der Waals surface area contributed by atoms with Crippen LogP contribution in [0.3, 0.4) is 0 Å². The second-order valence-corrected chi connectivity index (χ2v) is 3.73. The monoisotopic (exact) mass is 179 g/mol. The molecule has 1 aliphatic rings. The van der Waals surface area contributed by atoms with E-state index in [9.17, 15) is 4.79 Å². The van der Waals surface area contributed by atoms with Gasteiger partial charge in [0.05, 0.1) is 0 Å². The lowest BCUT2D eigenvalue weighted by molar-refractivity contribution is -0.125. The van der Waals surface area contributed by atoms with Gasteiger partial charge in [-0.2, -0.15) is 0 Å². The quantitative estimate of drug-likeness (QED) is 0.481. The van der Waals surface area contributed by atoms with Crippen molar-refractivity contribution < 1.29 is 4.79 Å². The van der Waals surface area contributed by atoms with Gasteiger partial charge in [-0.25, -0.2) is 0 Å². The number of likely N-dealkylation sites (tertiary alicyclic amines) is 1. The number of rotatable bonds is 3. The lowest BCUT2D eigenvalue weighted by Crippen LogP contribution is -2.39. The molecule has 1 rings (SSSR count). The summed E-state index contributed by atoms with van der Waals surface area (Å²) in [7, 11) is 0. The van der Waals surface area contributed by atoms with Crippen LogP contribution in [0.2, 0.25) is 0 Å². The predicted molar refractivity (Wildman–Crippen MR) is 53.3 cm³/mol. The van der Waals surface area contributed by atoms with Crippen molar-refractivity contribution in [1.29, 1.82) is 0 Å². The second-order valence-electron chi connectivity index (χ2n) is 3.73. The topological polar surface area (TPSA) is 20.3 Å². The SMILES string of the molecule is C#CCCCN1CCC(=O)C(C)C1. The summed E-state index contributed by atoms with van der Waals surface area (Å²) in [5.74, 6) is 3.27. The second kappa shape index (κ2) is 5.04. The molecule has 0 aromatic rings. The van der Waals surface area contributed by atoms with Crippen molar-refractivity contribution in [2.24, 2.45) is 5.92 Å². The summed E-state index contributed by atoms with van der Waals surface area (Å²) in [6.07, 6.45) is 7.79. The number of nitrogens with zero attached hydrogens (tertiary/aromatic N) is 1. The lowest BCUT2D eigenvalue weighted by atomic mass is 9.98. The third-order valence-corrected chi connectivity index (χ3v) is 2.55. The molecule has 72 valence electrons. The van der Waals surface area contributed by atoms with E-state index in [0.29, 0.717) is 5.78 Å². The van der Waals surface area contributed by atoms with Gasteiger partial charge in [0.25, 0.3) is 0 Å².